The molecule has 0 fully saturated rings. The molecule has 0 heterocycles. The maximum absolute atomic E-state index is 13.2. The molecule has 2 aromatic carbocycles. The van der Waals surface area contributed by atoms with E-state index in [1.54, 1.807) is 23.1 Å². The molecule has 0 aromatic heterocycles. The minimum absolute atomic E-state index is 0.0433. The molecule has 4 nitrogen and oxygen atoms in total. The number of halogens is 2. The van der Waals surface area contributed by atoms with Gasteiger partial charge in [0, 0.05) is 22.6 Å². The smallest absolute Gasteiger partial charge is 0.243 e. The Morgan fingerprint density at radius 3 is 2.31 bits per heavy atom. The standard InChI is InChI=1S/C23H28Cl2N2O2/c1-4-16(3)26-23(29)21(5-2)27(15-18-11-12-19(24)14-20(18)25)22(28)13-17-9-7-6-8-10-17/h6-12,14,16,21H,4-5,13,15H2,1-3H3,(H,26,29)/t16-,21+/m1/s1. The molecule has 0 aliphatic rings. The molecule has 0 unspecified atom stereocenters. The van der Waals surface area contributed by atoms with E-state index in [0.29, 0.717) is 16.5 Å². The SMILES string of the molecule is CC[C@@H](C)NC(=O)[C@H](CC)N(Cc1ccc(Cl)cc1Cl)C(=O)Cc1ccccc1. The topological polar surface area (TPSA) is 49.4 Å². The van der Waals surface area contributed by atoms with E-state index in [0.717, 1.165) is 17.5 Å². The van der Waals surface area contributed by atoms with Crippen LogP contribution in [0.4, 0.5) is 0 Å². The lowest BCUT2D eigenvalue weighted by molar-refractivity contribution is -0.141. The minimum atomic E-state index is -0.577. The highest BCUT2D eigenvalue weighted by Crippen LogP contribution is 2.24. The van der Waals surface area contributed by atoms with Gasteiger partial charge in [-0.2, -0.15) is 0 Å². The summed E-state index contributed by atoms with van der Waals surface area (Å²) in [5.74, 6) is -0.262. The Kier molecular flexibility index (Phi) is 8.99. The Hall–Kier alpha value is -2.04. The molecule has 29 heavy (non-hydrogen) atoms. The number of rotatable bonds is 9. The fourth-order valence-corrected chi connectivity index (χ4v) is 3.53. The Bertz CT molecular complexity index is 827. The van der Waals surface area contributed by atoms with Crippen LogP contribution in [-0.4, -0.2) is 28.8 Å². The second kappa shape index (κ2) is 11.2. The van der Waals surface area contributed by atoms with Gasteiger partial charge < -0.3 is 10.2 Å². The van der Waals surface area contributed by atoms with Crippen molar-refractivity contribution in [3.05, 3.63) is 69.7 Å². The first kappa shape index (κ1) is 23.2. The van der Waals surface area contributed by atoms with Gasteiger partial charge in [-0.05, 0) is 43.0 Å². The van der Waals surface area contributed by atoms with E-state index in [1.165, 1.54) is 0 Å². The predicted octanol–water partition coefficient (Wildman–Crippen LogP) is 5.26. The highest BCUT2D eigenvalue weighted by atomic mass is 35.5. The molecule has 1 N–H and O–H groups in total. The summed E-state index contributed by atoms with van der Waals surface area (Å²) in [5.41, 5.74) is 1.66. The Balaban J connectivity index is 2.31. The van der Waals surface area contributed by atoms with Crippen molar-refractivity contribution in [2.24, 2.45) is 0 Å². The Morgan fingerprint density at radius 2 is 1.72 bits per heavy atom. The van der Waals surface area contributed by atoms with Crippen LogP contribution in [0.1, 0.15) is 44.7 Å². The molecule has 0 spiro atoms. The second-order valence-corrected chi connectivity index (χ2v) is 8.01. The van der Waals surface area contributed by atoms with Crippen molar-refractivity contribution < 1.29 is 9.59 Å². The number of hydrogen-bond donors (Lipinski definition) is 1. The van der Waals surface area contributed by atoms with E-state index in [2.05, 4.69) is 5.32 Å². The lowest BCUT2D eigenvalue weighted by Crippen LogP contribution is -2.51. The zero-order valence-corrected chi connectivity index (χ0v) is 18.6. The Morgan fingerprint density at radius 1 is 1.03 bits per heavy atom. The average Bonchev–Trinajstić information content (AvgIpc) is 2.70. The van der Waals surface area contributed by atoms with Crippen LogP contribution in [0.15, 0.2) is 48.5 Å². The van der Waals surface area contributed by atoms with Gasteiger partial charge in [-0.3, -0.25) is 9.59 Å². The molecule has 0 aliphatic heterocycles. The third-order valence-corrected chi connectivity index (χ3v) is 5.53. The molecule has 2 rings (SSSR count). The first-order valence-corrected chi connectivity index (χ1v) is 10.7. The minimum Gasteiger partial charge on any atom is -0.352 e. The molecular weight excluding hydrogens is 407 g/mol. The molecule has 156 valence electrons. The van der Waals surface area contributed by atoms with Gasteiger partial charge in [0.1, 0.15) is 6.04 Å². The van der Waals surface area contributed by atoms with E-state index in [1.807, 2.05) is 51.1 Å². The van der Waals surface area contributed by atoms with Crippen molar-refractivity contribution in [2.75, 3.05) is 0 Å². The van der Waals surface area contributed by atoms with Crippen LogP contribution < -0.4 is 5.32 Å². The third kappa shape index (κ3) is 6.76. The summed E-state index contributed by atoms with van der Waals surface area (Å²) in [6.07, 6.45) is 1.55. The second-order valence-electron chi connectivity index (χ2n) is 7.16. The Labute approximate surface area is 183 Å². The highest BCUT2D eigenvalue weighted by molar-refractivity contribution is 6.35. The van der Waals surface area contributed by atoms with Gasteiger partial charge in [-0.15, -0.1) is 0 Å². The molecule has 0 bridgehead atoms. The number of carbonyl (C=O) groups is 2. The van der Waals surface area contributed by atoms with Crippen LogP contribution in [0, 0.1) is 0 Å². The van der Waals surface area contributed by atoms with Gasteiger partial charge in [0.05, 0.1) is 6.42 Å². The molecule has 2 aromatic rings. The van der Waals surface area contributed by atoms with Crippen molar-refractivity contribution in [3.8, 4) is 0 Å². The molecule has 0 saturated heterocycles. The monoisotopic (exact) mass is 434 g/mol. The van der Waals surface area contributed by atoms with Crippen molar-refractivity contribution in [1.29, 1.82) is 0 Å². The predicted molar refractivity (Wildman–Crippen MR) is 119 cm³/mol. The fraction of sp³-hybridized carbons (Fsp3) is 0.391. The van der Waals surface area contributed by atoms with Gasteiger partial charge in [0.2, 0.25) is 11.8 Å². The molecule has 2 atom stereocenters. The van der Waals surface area contributed by atoms with Crippen molar-refractivity contribution in [3.63, 3.8) is 0 Å². The van der Waals surface area contributed by atoms with Crippen molar-refractivity contribution in [2.45, 2.75) is 58.7 Å². The summed E-state index contributed by atoms with van der Waals surface area (Å²) in [6, 6.07) is 14.2. The van der Waals surface area contributed by atoms with Crippen LogP contribution >= 0.6 is 23.2 Å². The molecule has 2 amide bonds. The first-order valence-electron chi connectivity index (χ1n) is 9.93. The van der Waals surface area contributed by atoms with Crippen molar-refractivity contribution in [1.82, 2.24) is 10.2 Å². The average molecular weight is 435 g/mol. The van der Waals surface area contributed by atoms with Gasteiger partial charge in [0.15, 0.2) is 0 Å². The number of carbonyl (C=O) groups excluding carboxylic acids is 2. The summed E-state index contributed by atoms with van der Waals surface area (Å²) in [4.78, 5) is 27.8. The summed E-state index contributed by atoms with van der Waals surface area (Å²) in [5, 5.41) is 4.01. The van der Waals surface area contributed by atoms with Crippen LogP contribution in [0.3, 0.4) is 0 Å². The van der Waals surface area contributed by atoms with E-state index >= 15 is 0 Å². The lowest BCUT2D eigenvalue weighted by atomic mass is 10.1. The van der Waals surface area contributed by atoms with E-state index in [9.17, 15) is 9.59 Å². The molecule has 6 heteroatoms. The third-order valence-electron chi connectivity index (χ3n) is 4.94. The fourth-order valence-electron chi connectivity index (χ4n) is 3.07. The number of amides is 2. The number of nitrogens with one attached hydrogen (secondary N) is 1. The van der Waals surface area contributed by atoms with Gasteiger partial charge in [-0.1, -0.05) is 73.4 Å². The largest absolute Gasteiger partial charge is 0.352 e. The zero-order valence-electron chi connectivity index (χ0n) is 17.1. The maximum atomic E-state index is 13.2. The number of benzene rings is 2. The molecular formula is C23H28Cl2N2O2. The lowest BCUT2D eigenvalue weighted by Gasteiger charge is -2.32. The maximum Gasteiger partial charge on any atom is 0.243 e. The highest BCUT2D eigenvalue weighted by Gasteiger charge is 2.29. The van der Waals surface area contributed by atoms with Crippen molar-refractivity contribution >= 4 is 35.0 Å². The molecule has 0 radical (unpaired) electrons. The van der Waals surface area contributed by atoms with Crippen LogP contribution in [0.5, 0.6) is 0 Å². The van der Waals surface area contributed by atoms with Gasteiger partial charge in [0.25, 0.3) is 0 Å². The summed E-state index contributed by atoms with van der Waals surface area (Å²) < 4.78 is 0. The van der Waals surface area contributed by atoms with Crippen LogP contribution in [0.25, 0.3) is 0 Å². The first-order chi connectivity index (χ1) is 13.8. The van der Waals surface area contributed by atoms with E-state index in [4.69, 9.17) is 23.2 Å². The zero-order chi connectivity index (χ0) is 21.4. The van der Waals surface area contributed by atoms with E-state index in [-0.39, 0.29) is 30.8 Å². The number of hydrogen-bond acceptors (Lipinski definition) is 2. The van der Waals surface area contributed by atoms with Gasteiger partial charge >= 0.3 is 0 Å². The molecule has 0 saturated carbocycles. The normalized spacial score (nSPS) is 12.9. The number of nitrogens with zero attached hydrogens (tertiary/aromatic N) is 1. The molecule has 0 aliphatic carbocycles. The van der Waals surface area contributed by atoms with E-state index < -0.39 is 6.04 Å². The van der Waals surface area contributed by atoms with Crippen LogP contribution in [0.2, 0.25) is 10.0 Å². The summed E-state index contributed by atoms with van der Waals surface area (Å²) in [6.45, 7) is 6.12. The quantitative estimate of drug-likeness (QED) is 0.584. The summed E-state index contributed by atoms with van der Waals surface area (Å²) in [7, 11) is 0. The summed E-state index contributed by atoms with van der Waals surface area (Å²) >= 11 is 12.4. The van der Waals surface area contributed by atoms with Crippen LogP contribution in [-0.2, 0) is 22.6 Å². The van der Waals surface area contributed by atoms with Gasteiger partial charge in [-0.25, -0.2) is 0 Å².